The fourth-order valence-corrected chi connectivity index (χ4v) is 4.12. The van der Waals surface area contributed by atoms with Crippen molar-refractivity contribution in [2.75, 3.05) is 25.1 Å². The minimum Gasteiger partial charge on any atom is -0.493 e. The van der Waals surface area contributed by atoms with Gasteiger partial charge in [0.15, 0.2) is 11.6 Å². The molecule has 2 fully saturated rings. The topological polar surface area (TPSA) is 63.4 Å². The van der Waals surface area contributed by atoms with Gasteiger partial charge in [-0.2, -0.15) is 5.10 Å². The second-order valence-corrected chi connectivity index (χ2v) is 6.55. The van der Waals surface area contributed by atoms with Crippen molar-refractivity contribution in [1.29, 1.82) is 0 Å². The number of nitrogens with zero attached hydrogens (tertiary/aromatic N) is 4. The number of hydrogen-bond donors (Lipinski definition) is 1. The largest absolute Gasteiger partial charge is 0.493 e. The Morgan fingerprint density at radius 2 is 2.00 bits per heavy atom. The van der Waals surface area contributed by atoms with Crippen molar-refractivity contribution in [3.63, 3.8) is 0 Å². The van der Waals surface area contributed by atoms with E-state index in [1.165, 1.54) is 0 Å². The summed E-state index contributed by atoms with van der Waals surface area (Å²) in [5.74, 6) is 2.78. The third kappa shape index (κ3) is 2.57. The lowest BCUT2D eigenvalue weighted by molar-refractivity contribution is 0.0306. The van der Waals surface area contributed by atoms with Gasteiger partial charge in [0.2, 0.25) is 0 Å². The molecule has 4 atom stereocenters. The first-order valence-corrected chi connectivity index (χ1v) is 8.17. The van der Waals surface area contributed by atoms with Crippen LogP contribution in [-0.2, 0) is 0 Å². The zero-order valence-electron chi connectivity index (χ0n) is 13.2. The van der Waals surface area contributed by atoms with Gasteiger partial charge in [-0.25, -0.2) is 4.98 Å². The monoisotopic (exact) mass is 314 g/mol. The summed E-state index contributed by atoms with van der Waals surface area (Å²) in [7, 11) is 1.68. The number of aliphatic hydroxyl groups excluding tert-OH is 1. The van der Waals surface area contributed by atoms with Gasteiger partial charge in [0, 0.05) is 31.7 Å². The van der Waals surface area contributed by atoms with Crippen LogP contribution in [0.15, 0.2) is 36.8 Å². The molecule has 1 aliphatic heterocycles. The van der Waals surface area contributed by atoms with Crippen LogP contribution < -0.4 is 9.64 Å². The van der Waals surface area contributed by atoms with Gasteiger partial charge in [-0.05, 0) is 42.9 Å². The van der Waals surface area contributed by atoms with Crippen molar-refractivity contribution in [3.05, 3.63) is 36.8 Å². The summed E-state index contributed by atoms with van der Waals surface area (Å²) < 4.78 is 7.35. The summed E-state index contributed by atoms with van der Waals surface area (Å²) in [5, 5.41) is 14.8. The lowest BCUT2D eigenvalue weighted by Gasteiger charge is -2.35. The molecular formula is C17H22N4O2. The van der Waals surface area contributed by atoms with E-state index in [2.05, 4.69) is 15.0 Å². The molecule has 4 rings (SSSR count). The predicted molar refractivity (Wildman–Crippen MR) is 86.5 cm³/mol. The highest BCUT2D eigenvalue weighted by atomic mass is 16.5. The summed E-state index contributed by atoms with van der Waals surface area (Å²) in [4.78, 5) is 6.80. The summed E-state index contributed by atoms with van der Waals surface area (Å²) in [6.07, 6.45) is 6.98. The van der Waals surface area contributed by atoms with Crippen molar-refractivity contribution in [2.24, 2.45) is 11.8 Å². The Balaban J connectivity index is 1.53. The highest BCUT2D eigenvalue weighted by Gasteiger charge is 2.43. The fraction of sp³-hybridized carbons (Fsp3) is 0.529. The average molecular weight is 314 g/mol. The Bertz CT molecular complexity index is 660. The third-order valence-corrected chi connectivity index (χ3v) is 5.24. The van der Waals surface area contributed by atoms with E-state index in [0.29, 0.717) is 11.8 Å². The maximum atomic E-state index is 10.5. The average Bonchev–Trinajstić information content (AvgIpc) is 3.23. The molecule has 23 heavy (non-hydrogen) atoms. The first-order valence-electron chi connectivity index (χ1n) is 8.17. The standard InChI is InChI=1S/C17H22N4O2/c1-23-16-4-2-5-18-17(16)20-10-12-8-14(21-7-3-6-19-21)15(22)9-13(12)11-20/h2-7,12-15,22H,8-11H2,1H3/t12-,13+,14-,15-/m1/s1. The van der Waals surface area contributed by atoms with Crippen LogP contribution in [0.2, 0.25) is 0 Å². The van der Waals surface area contributed by atoms with Crippen molar-refractivity contribution in [1.82, 2.24) is 14.8 Å². The maximum absolute atomic E-state index is 10.5. The number of pyridine rings is 1. The van der Waals surface area contributed by atoms with Gasteiger partial charge < -0.3 is 14.7 Å². The van der Waals surface area contributed by atoms with E-state index in [1.807, 2.05) is 29.1 Å². The van der Waals surface area contributed by atoms with Crippen molar-refractivity contribution < 1.29 is 9.84 Å². The molecule has 1 saturated heterocycles. The molecule has 1 aliphatic carbocycles. The van der Waals surface area contributed by atoms with Crippen molar-refractivity contribution in [2.45, 2.75) is 25.0 Å². The summed E-state index contributed by atoms with van der Waals surface area (Å²) in [5.41, 5.74) is 0. The minimum atomic E-state index is -0.332. The second kappa shape index (κ2) is 5.85. The summed E-state index contributed by atoms with van der Waals surface area (Å²) in [6.45, 7) is 1.89. The molecule has 0 spiro atoms. The van der Waals surface area contributed by atoms with Crippen LogP contribution >= 0.6 is 0 Å². The Morgan fingerprint density at radius 3 is 2.74 bits per heavy atom. The molecule has 2 aromatic heterocycles. The van der Waals surface area contributed by atoms with E-state index < -0.39 is 0 Å². The van der Waals surface area contributed by atoms with Crippen LogP contribution in [0.5, 0.6) is 5.75 Å². The number of hydrogen-bond acceptors (Lipinski definition) is 5. The van der Waals surface area contributed by atoms with E-state index in [9.17, 15) is 5.11 Å². The van der Waals surface area contributed by atoms with E-state index in [-0.39, 0.29) is 12.1 Å². The van der Waals surface area contributed by atoms with E-state index in [4.69, 9.17) is 4.74 Å². The van der Waals surface area contributed by atoms with Gasteiger partial charge in [-0.3, -0.25) is 4.68 Å². The lowest BCUT2D eigenvalue weighted by atomic mass is 9.77. The number of anilines is 1. The summed E-state index contributed by atoms with van der Waals surface area (Å²) >= 11 is 0. The molecule has 1 N–H and O–H groups in total. The van der Waals surface area contributed by atoms with Gasteiger partial charge in [0.25, 0.3) is 0 Å². The molecular weight excluding hydrogens is 292 g/mol. The molecule has 122 valence electrons. The number of ether oxygens (including phenoxy) is 1. The Morgan fingerprint density at radius 1 is 1.17 bits per heavy atom. The minimum absolute atomic E-state index is 0.0804. The Labute approximate surface area is 135 Å². The zero-order chi connectivity index (χ0) is 15.8. The molecule has 0 bridgehead atoms. The van der Waals surface area contributed by atoms with Crippen LogP contribution in [-0.4, -0.2) is 46.2 Å². The molecule has 1 saturated carbocycles. The number of aliphatic hydroxyl groups is 1. The fourth-order valence-electron chi connectivity index (χ4n) is 4.12. The molecule has 6 heteroatoms. The van der Waals surface area contributed by atoms with Crippen molar-refractivity contribution >= 4 is 5.82 Å². The molecule has 2 aliphatic rings. The molecule has 2 aromatic rings. The quantitative estimate of drug-likeness (QED) is 0.935. The third-order valence-electron chi connectivity index (χ3n) is 5.24. The van der Waals surface area contributed by atoms with Crippen LogP contribution in [0, 0.1) is 11.8 Å². The molecule has 0 aromatic carbocycles. The normalized spacial score (nSPS) is 30.3. The highest BCUT2D eigenvalue weighted by Crippen LogP contribution is 2.43. The maximum Gasteiger partial charge on any atom is 0.171 e. The molecule has 0 amide bonds. The molecule has 0 unspecified atom stereocenters. The Hall–Kier alpha value is -2.08. The van der Waals surface area contributed by atoms with E-state index in [0.717, 1.165) is 37.5 Å². The second-order valence-electron chi connectivity index (χ2n) is 6.55. The first kappa shape index (κ1) is 14.5. The van der Waals surface area contributed by atoms with E-state index in [1.54, 1.807) is 19.5 Å². The van der Waals surface area contributed by atoms with Gasteiger partial charge in [-0.1, -0.05) is 0 Å². The number of rotatable bonds is 3. The first-order chi connectivity index (χ1) is 11.3. The molecule has 6 nitrogen and oxygen atoms in total. The Kier molecular flexibility index (Phi) is 3.69. The number of fused-ring (bicyclic) bond motifs is 1. The zero-order valence-corrected chi connectivity index (χ0v) is 13.2. The number of aromatic nitrogens is 3. The highest BCUT2D eigenvalue weighted by molar-refractivity contribution is 5.53. The van der Waals surface area contributed by atoms with Gasteiger partial charge in [-0.15, -0.1) is 0 Å². The van der Waals surface area contributed by atoms with Crippen LogP contribution in [0.4, 0.5) is 5.82 Å². The smallest absolute Gasteiger partial charge is 0.171 e. The molecule has 3 heterocycles. The van der Waals surface area contributed by atoms with Gasteiger partial charge >= 0.3 is 0 Å². The van der Waals surface area contributed by atoms with Crippen LogP contribution in [0.3, 0.4) is 0 Å². The molecule has 0 radical (unpaired) electrons. The lowest BCUT2D eigenvalue weighted by Crippen LogP contribution is -2.36. The van der Waals surface area contributed by atoms with Crippen molar-refractivity contribution in [3.8, 4) is 5.75 Å². The van der Waals surface area contributed by atoms with Gasteiger partial charge in [0.05, 0.1) is 19.3 Å². The summed E-state index contributed by atoms with van der Waals surface area (Å²) in [6, 6.07) is 5.84. The van der Waals surface area contributed by atoms with Crippen LogP contribution in [0.25, 0.3) is 0 Å². The van der Waals surface area contributed by atoms with E-state index >= 15 is 0 Å². The number of methoxy groups -OCH3 is 1. The van der Waals surface area contributed by atoms with Crippen LogP contribution in [0.1, 0.15) is 18.9 Å². The SMILES string of the molecule is COc1cccnc1N1C[C@H]2C[C@@H](n3cccn3)[C@H](O)C[C@H]2C1. The van der Waals surface area contributed by atoms with Gasteiger partial charge in [0.1, 0.15) is 0 Å². The predicted octanol–water partition coefficient (Wildman–Crippen LogP) is 1.74.